The van der Waals surface area contributed by atoms with E-state index in [4.69, 9.17) is 4.74 Å². The highest BCUT2D eigenvalue weighted by Crippen LogP contribution is 2.00. The number of methoxy groups -OCH3 is 1. The summed E-state index contributed by atoms with van der Waals surface area (Å²) in [4.78, 5) is 0. The van der Waals surface area contributed by atoms with Gasteiger partial charge in [0.2, 0.25) is 0 Å². The first kappa shape index (κ1) is 7.29. The van der Waals surface area contributed by atoms with Gasteiger partial charge >= 0.3 is 0 Å². The molecule has 0 fully saturated rings. The molecular weight excluding hydrogens is 124 g/mol. The summed E-state index contributed by atoms with van der Waals surface area (Å²) >= 11 is 0. The van der Waals surface area contributed by atoms with Gasteiger partial charge in [0.15, 0.2) is 0 Å². The van der Waals surface area contributed by atoms with Crippen LogP contribution in [-0.2, 0) is 4.74 Å². The minimum Gasteiger partial charge on any atom is -0.373 e. The molecule has 1 atom stereocenters. The Kier molecular flexibility index (Phi) is 2.97. The lowest BCUT2D eigenvalue weighted by Gasteiger charge is -2.04. The van der Waals surface area contributed by atoms with Crippen molar-refractivity contribution in [1.29, 1.82) is 0 Å². The quantitative estimate of drug-likeness (QED) is 0.501. The summed E-state index contributed by atoms with van der Waals surface area (Å²) < 4.78 is 5.12. The molecule has 0 N–H and O–H groups in total. The van der Waals surface area contributed by atoms with E-state index < -0.39 is 0 Å². The Hall–Kier alpha value is -0.820. The molecule has 0 spiro atoms. The molecule has 10 heavy (non-hydrogen) atoms. The van der Waals surface area contributed by atoms with Crippen molar-refractivity contribution in [3.05, 3.63) is 36.5 Å². The summed E-state index contributed by atoms with van der Waals surface area (Å²) in [5.74, 6) is 0. The van der Waals surface area contributed by atoms with Crippen LogP contribution in [-0.4, -0.2) is 13.2 Å². The molecule has 1 heteroatoms. The van der Waals surface area contributed by atoms with Crippen molar-refractivity contribution >= 4 is 0 Å². The van der Waals surface area contributed by atoms with Crippen LogP contribution in [0.25, 0.3) is 0 Å². The number of ether oxygens (including phenoxy) is 1. The highest BCUT2D eigenvalue weighted by Gasteiger charge is 1.94. The topological polar surface area (TPSA) is 9.23 Å². The van der Waals surface area contributed by atoms with Crippen LogP contribution in [0.15, 0.2) is 36.5 Å². The van der Waals surface area contributed by atoms with Crippen molar-refractivity contribution < 1.29 is 4.74 Å². The molecule has 0 aromatic heterocycles. The zero-order chi connectivity index (χ0) is 7.23. The van der Waals surface area contributed by atoms with E-state index in [9.17, 15) is 0 Å². The second-order valence-electron chi connectivity index (χ2n) is 2.18. The minimum absolute atomic E-state index is 0.157. The summed E-state index contributed by atoms with van der Waals surface area (Å²) in [5.41, 5.74) is 0. The molecule has 1 unspecified atom stereocenters. The molecule has 0 heterocycles. The van der Waals surface area contributed by atoms with Crippen molar-refractivity contribution in [1.82, 2.24) is 0 Å². The van der Waals surface area contributed by atoms with E-state index in [1.807, 2.05) is 18.2 Å². The van der Waals surface area contributed by atoms with Crippen molar-refractivity contribution in [2.45, 2.75) is 12.5 Å². The predicted octanol–water partition coefficient (Wildman–Crippen LogP) is 2.07. The fraction of sp³-hybridized carbons (Fsp3) is 0.333. The molecule has 0 amide bonds. The third kappa shape index (κ3) is 2.19. The Morgan fingerprint density at radius 2 is 2.10 bits per heavy atom. The molecule has 0 aliphatic heterocycles. The van der Waals surface area contributed by atoms with E-state index >= 15 is 0 Å². The fourth-order valence-corrected chi connectivity index (χ4v) is 0.843. The van der Waals surface area contributed by atoms with E-state index in [0.29, 0.717) is 0 Å². The van der Waals surface area contributed by atoms with Crippen molar-refractivity contribution in [2.75, 3.05) is 7.11 Å². The maximum absolute atomic E-state index is 5.12. The van der Waals surface area contributed by atoms with E-state index in [1.165, 1.54) is 0 Å². The molecular formula is C9H12O. The van der Waals surface area contributed by atoms with Gasteiger partial charge in [-0.05, 0) is 6.42 Å². The third-order valence-corrected chi connectivity index (χ3v) is 1.42. The summed E-state index contributed by atoms with van der Waals surface area (Å²) in [6, 6.07) is 0. The van der Waals surface area contributed by atoms with Gasteiger partial charge in [-0.3, -0.25) is 0 Å². The summed E-state index contributed by atoms with van der Waals surface area (Å²) in [7, 11) is 1.71. The molecule has 0 saturated carbocycles. The second kappa shape index (κ2) is 4.07. The molecule has 0 bridgehead atoms. The van der Waals surface area contributed by atoms with Gasteiger partial charge in [0.25, 0.3) is 0 Å². The largest absolute Gasteiger partial charge is 0.373 e. The molecule has 0 aromatic rings. The zero-order valence-corrected chi connectivity index (χ0v) is 6.16. The number of hydrogen-bond donors (Lipinski definition) is 0. The van der Waals surface area contributed by atoms with Crippen LogP contribution in [0.5, 0.6) is 0 Å². The van der Waals surface area contributed by atoms with E-state index in [0.717, 1.165) is 6.42 Å². The normalized spacial score (nSPS) is 30.7. The monoisotopic (exact) mass is 136 g/mol. The van der Waals surface area contributed by atoms with Crippen molar-refractivity contribution in [3.8, 4) is 0 Å². The first-order valence-electron chi connectivity index (χ1n) is 3.46. The maximum Gasteiger partial charge on any atom is 0.0936 e. The van der Waals surface area contributed by atoms with Crippen molar-refractivity contribution in [3.63, 3.8) is 0 Å². The Balaban J connectivity index is 2.58. The van der Waals surface area contributed by atoms with E-state index in [2.05, 4.69) is 18.2 Å². The molecule has 1 nitrogen and oxygen atoms in total. The lowest BCUT2D eigenvalue weighted by atomic mass is 10.2. The Morgan fingerprint density at radius 3 is 2.90 bits per heavy atom. The van der Waals surface area contributed by atoms with Gasteiger partial charge in [0, 0.05) is 7.11 Å². The smallest absolute Gasteiger partial charge is 0.0936 e. The van der Waals surface area contributed by atoms with Crippen LogP contribution < -0.4 is 0 Å². The Morgan fingerprint density at radius 1 is 1.20 bits per heavy atom. The average molecular weight is 136 g/mol. The summed E-state index contributed by atoms with van der Waals surface area (Å²) in [5, 5.41) is 0. The average Bonchev–Trinajstić information content (AvgIpc) is 1.87. The summed E-state index contributed by atoms with van der Waals surface area (Å²) in [6.45, 7) is 0. The Labute approximate surface area is 61.7 Å². The standard InChI is InChI=1S/C9H12O/c1-10-9-7-5-3-2-4-6-8-9/h2-3,5-9H,4H2,1H3/b3-2-,7-5?,8-6-. The highest BCUT2D eigenvalue weighted by molar-refractivity contribution is 5.14. The van der Waals surface area contributed by atoms with Gasteiger partial charge in [0.1, 0.15) is 0 Å². The first-order chi connectivity index (χ1) is 4.93. The molecule has 54 valence electrons. The first-order valence-corrected chi connectivity index (χ1v) is 3.46. The van der Waals surface area contributed by atoms with Gasteiger partial charge in [-0.2, -0.15) is 0 Å². The molecule has 0 aromatic carbocycles. The number of rotatable bonds is 1. The van der Waals surface area contributed by atoms with Crippen LogP contribution in [0, 0.1) is 0 Å². The van der Waals surface area contributed by atoms with Crippen LogP contribution in [0.4, 0.5) is 0 Å². The molecule has 1 aliphatic carbocycles. The highest BCUT2D eigenvalue weighted by atomic mass is 16.5. The van der Waals surface area contributed by atoms with Crippen LogP contribution in [0.2, 0.25) is 0 Å². The molecule has 0 saturated heterocycles. The van der Waals surface area contributed by atoms with Gasteiger partial charge in [-0.1, -0.05) is 36.5 Å². The van der Waals surface area contributed by atoms with Gasteiger partial charge < -0.3 is 4.74 Å². The number of allylic oxidation sites excluding steroid dienone is 4. The van der Waals surface area contributed by atoms with Gasteiger partial charge in [-0.25, -0.2) is 0 Å². The lowest BCUT2D eigenvalue weighted by molar-refractivity contribution is 0.177. The fourth-order valence-electron chi connectivity index (χ4n) is 0.843. The zero-order valence-electron chi connectivity index (χ0n) is 6.16. The lowest BCUT2D eigenvalue weighted by Crippen LogP contribution is -2.01. The van der Waals surface area contributed by atoms with E-state index in [1.54, 1.807) is 7.11 Å². The van der Waals surface area contributed by atoms with Gasteiger partial charge in [0.05, 0.1) is 6.10 Å². The molecule has 1 rings (SSSR count). The number of hydrogen-bond acceptors (Lipinski definition) is 1. The predicted molar refractivity (Wildman–Crippen MR) is 42.8 cm³/mol. The van der Waals surface area contributed by atoms with Crippen molar-refractivity contribution in [2.24, 2.45) is 0 Å². The third-order valence-electron chi connectivity index (χ3n) is 1.42. The van der Waals surface area contributed by atoms with E-state index in [-0.39, 0.29) is 6.10 Å². The van der Waals surface area contributed by atoms with Crippen LogP contribution >= 0.6 is 0 Å². The molecule has 0 radical (unpaired) electrons. The minimum atomic E-state index is 0.157. The molecule has 1 aliphatic rings. The van der Waals surface area contributed by atoms with Crippen LogP contribution in [0.1, 0.15) is 6.42 Å². The summed E-state index contributed by atoms with van der Waals surface area (Å²) in [6.07, 6.45) is 13.5. The second-order valence-corrected chi connectivity index (χ2v) is 2.18. The SMILES string of the molecule is COC1C=C/C=C\C/C=C\1. The Bertz CT molecular complexity index is 166. The van der Waals surface area contributed by atoms with Crippen LogP contribution in [0.3, 0.4) is 0 Å². The van der Waals surface area contributed by atoms with Gasteiger partial charge in [-0.15, -0.1) is 0 Å². The maximum atomic E-state index is 5.12.